The summed E-state index contributed by atoms with van der Waals surface area (Å²) >= 11 is 7.31. The molecule has 5 atom stereocenters. The second-order valence-corrected chi connectivity index (χ2v) is 11.4. The summed E-state index contributed by atoms with van der Waals surface area (Å²) in [7, 11) is 1.67. The first-order chi connectivity index (χ1) is 15.9. The Balaban J connectivity index is 1.57. The molecule has 3 unspecified atom stereocenters. The minimum atomic E-state index is -0.577. The SMILES string of the molecule is C=CC1C[N+]2(Cc3cc(Br)cc(Br)c3)CCC1C[C@@H]2[C@@H](O)c1ccnc2ccc(OC)cc12. The molecular weight excluding hydrogens is 544 g/mol. The second-order valence-electron chi connectivity index (χ2n) is 9.54. The molecule has 0 saturated carbocycles. The molecule has 33 heavy (non-hydrogen) atoms. The van der Waals surface area contributed by atoms with Crippen molar-refractivity contribution >= 4 is 42.8 Å². The quantitative estimate of drug-likeness (QED) is 0.274. The number of hydrogen-bond acceptors (Lipinski definition) is 3. The molecule has 3 aliphatic rings. The van der Waals surface area contributed by atoms with E-state index in [2.05, 4.69) is 67.7 Å². The first kappa shape index (κ1) is 23.0. The van der Waals surface area contributed by atoms with E-state index < -0.39 is 6.10 Å². The topological polar surface area (TPSA) is 42.4 Å². The normalized spacial score (nSPS) is 27.5. The van der Waals surface area contributed by atoms with Gasteiger partial charge in [-0.25, -0.2) is 0 Å². The number of aromatic nitrogens is 1. The Hall–Kier alpha value is -1.73. The fourth-order valence-corrected chi connectivity index (χ4v) is 7.57. The smallest absolute Gasteiger partial charge is 0.131 e. The van der Waals surface area contributed by atoms with Crippen molar-refractivity contribution < 1.29 is 14.3 Å². The van der Waals surface area contributed by atoms with Crippen molar-refractivity contribution in [3.8, 4) is 5.75 Å². The number of piperidine rings is 3. The van der Waals surface area contributed by atoms with E-state index in [0.29, 0.717) is 11.8 Å². The van der Waals surface area contributed by atoms with Gasteiger partial charge < -0.3 is 14.3 Å². The summed E-state index contributed by atoms with van der Waals surface area (Å²) < 4.78 is 8.49. The maximum absolute atomic E-state index is 11.9. The van der Waals surface area contributed by atoms with Gasteiger partial charge in [0.2, 0.25) is 0 Å². The number of halogens is 2. The zero-order valence-electron chi connectivity index (χ0n) is 18.8. The highest BCUT2D eigenvalue weighted by molar-refractivity contribution is 9.11. The van der Waals surface area contributed by atoms with Gasteiger partial charge >= 0.3 is 0 Å². The van der Waals surface area contributed by atoms with Crippen molar-refractivity contribution in [2.45, 2.75) is 31.5 Å². The van der Waals surface area contributed by atoms with E-state index in [1.165, 1.54) is 12.0 Å². The van der Waals surface area contributed by atoms with Gasteiger partial charge in [-0.1, -0.05) is 37.9 Å². The van der Waals surface area contributed by atoms with E-state index in [0.717, 1.165) is 61.7 Å². The molecule has 0 radical (unpaired) electrons. The Kier molecular flexibility index (Phi) is 6.38. The predicted molar refractivity (Wildman–Crippen MR) is 139 cm³/mol. The maximum atomic E-state index is 11.9. The lowest BCUT2D eigenvalue weighted by Gasteiger charge is -2.58. The number of ether oxygens (including phenoxy) is 1. The van der Waals surface area contributed by atoms with Crippen molar-refractivity contribution in [2.75, 3.05) is 20.2 Å². The molecule has 0 amide bonds. The number of aliphatic hydroxyl groups is 1. The van der Waals surface area contributed by atoms with E-state index in [9.17, 15) is 5.11 Å². The molecule has 1 aromatic heterocycles. The monoisotopic (exact) mass is 571 g/mol. The van der Waals surface area contributed by atoms with Crippen molar-refractivity contribution in [2.24, 2.45) is 11.8 Å². The molecule has 172 valence electrons. The highest BCUT2D eigenvalue weighted by Crippen LogP contribution is 2.48. The number of methoxy groups -OCH3 is 1. The lowest BCUT2D eigenvalue weighted by Crippen LogP contribution is -2.67. The van der Waals surface area contributed by atoms with Crippen LogP contribution in [0.1, 0.15) is 30.1 Å². The summed E-state index contributed by atoms with van der Waals surface area (Å²) in [6, 6.07) is 14.5. The van der Waals surface area contributed by atoms with Gasteiger partial charge in [-0.2, -0.15) is 0 Å². The van der Waals surface area contributed by atoms with Crippen molar-refractivity contribution in [1.29, 1.82) is 0 Å². The second kappa shape index (κ2) is 9.14. The molecular formula is C27H29Br2N2O2+. The third-order valence-electron chi connectivity index (χ3n) is 7.76. The Morgan fingerprint density at radius 3 is 2.73 bits per heavy atom. The first-order valence-electron chi connectivity index (χ1n) is 11.5. The summed E-state index contributed by atoms with van der Waals surface area (Å²) in [5.41, 5.74) is 3.10. The molecule has 3 aromatic rings. The van der Waals surface area contributed by atoms with Crippen LogP contribution in [-0.4, -0.2) is 40.8 Å². The van der Waals surface area contributed by atoms with Crippen LogP contribution in [0.5, 0.6) is 5.75 Å². The predicted octanol–water partition coefficient (Wildman–Crippen LogP) is 6.41. The summed E-state index contributed by atoms with van der Waals surface area (Å²) in [6.07, 6.45) is 5.56. The highest BCUT2D eigenvalue weighted by atomic mass is 79.9. The number of nitrogens with zero attached hydrogens (tertiary/aromatic N) is 2. The van der Waals surface area contributed by atoms with Crippen molar-refractivity contribution in [3.63, 3.8) is 0 Å². The Morgan fingerprint density at radius 1 is 1.21 bits per heavy atom. The Bertz CT molecular complexity index is 1180. The van der Waals surface area contributed by atoms with Crippen LogP contribution in [0.2, 0.25) is 0 Å². The number of aliphatic hydroxyl groups excluding tert-OH is 1. The summed E-state index contributed by atoms with van der Waals surface area (Å²) in [5.74, 6) is 1.86. The minimum Gasteiger partial charge on any atom is -0.497 e. The lowest BCUT2D eigenvalue weighted by molar-refractivity contribution is -0.984. The van der Waals surface area contributed by atoms with Crippen molar-refractivity contribution in [1.82, 2.24) is 4.98 Å². The summed E-state index contributed by atoms with van der Waals surface area (Å²) in [5, 5.41) is 12.9. The van der Waals surface area contributed by atoms with Gasteiger partial charge in [-0.15, -0.1) is 6.58 Å². The van der Waals surface area contributed by atoms with Gasteiger partial charge in [0, 0.05) is 44.9 Å². The number of rotatable bonds is 6. The summed E-state index contributed by atoms with van der Waals surface area (Å²) in [4.78, 5) is 4.53. The molecule has 4 nitrogen and oxygen atoms in total. The molecule has 2 bridgehead atoms. The van der Waals surface area contributed by atoms with Gasteiger partial charge in [0.1, 0.15) is 24.4 Å². The average molecular weight is 573 g/mol. The fourth-order valence-electron chi connectivity index (χ4n) is 6.19. The van der Waals surface area contributed by atoms with Crippen LogP contribution in [0, 0.1) is 11.8 Å². The molecule has 0 spiro atoms. The Labute approximate surface area is 212 Å². The van der Waals surface area contributed by atoms with E-state index in [1.807, 2.05) is 30.5 Å². The van der Waals surface area contributed by atoms with Crippen LogP contribution in [0.4, 0.5) is 0 Å². The van der Waals surface area contributed by atoms with Gasteiger partial charge in [0.15, 0.2) is 0 Å². The largest absolute Gasteiger partial charge is 0.497 e. The minimum absolute atomic E-state index is 0.120. The van der Waals surface area contributed by atoms with Crippen LogP contribution in [0.3, 0.4) is 0 Å². The molecule has 3 fully saturated rings. The fraction of sp³-hybridized carbons (Fsp3) is 0.370. The summed E-state index contributed by atoms with van der Waals surface area (Å²) in [6.45, 7) is 7.14. The number of fused-ring (bicyclic) bond motifs is 4. The molecule has 0 aliphatic carbocycles. The van der Waals surface area contributed by atoms with Crippen molar-refractivity contribution in [3.05, 3.63) is 81.4 Å². The van der Waals surface area contributed by atoms with Crippen LogP contribution >= 0.6 is 31.9 Å². The molecule has 1 N–H and O–H groups in total. The number of hydrogen-bond donors (Lipinski definition) is 1. The number of benzene rings is 2. The number of quaternary nitrogens is 1. The molecule has 3 saturated heterocycles. The molecule has 6 heteroatoms. The zero-order valence-corrected chi connectivity index (χ0v) is 21.9. The molecule has 3 aliphatic heterocycles. The van der Waals surface area contributed by atoms with Crippen LogP contribution < -0.4 is 4.74 Å². The van der Waals surface area contributed by atoms with Gasteiger partial charge in [-0.3, -0.25) is 4.98 Å². The van der Waals surface area contributed by atoms with Crippen LogP contribution in [0.25, 0.3) is 10.9 Å². The number of pyridine rings is 1. The molecule has 6 rings (SSSR count). The van der Waals surface area contributed by atoms with Crippen LogP contribution in [-0.2, 0) is 6.54 Å². The standard InChI is InChI=1S/C27H29Br2N2O2/c1-3-18-16-31(15-17-10-20(28)13-21(29)11-17)9-7-19(18)12-26(31)27(32)23-6-8-30-25-5-4-22(33-2)14-24(23)25/h3-6,8,10-11,13-14,18-19,26-27,32H,1,7,9,12,15-16H2,2H3/q+1/t18?,19?,26-,27+,31?/m1/s1. The average Bonchev–Trinajstić information content (AvgIpc) is 2.82. The zero-order chi connectivity index (χ0) is 23.2. The van der Waals surface area contributed by atoms with E-state index >= 15 is 0 Å². The van der Waals surface area contributed by atoms with E-state index in [1.54, 1.807) is 7.11 Å². The first-order valence-corrected chi connectivity index (χ1v) is 13.0. The van der Waals surface area contributed by atoms with E-state index in [4.69, 9.17) is 4.74 Å². The lowest BCUT2D eigenvalue weighted by atomic mass is 9.71. The maximum Gasteiger partial charge on any atom is 0.131 e. The van der Waals surface area contributed by atoms with Crippen LogP contribution in [0.15, 0.2) is 70.3 Å². The third-order valence-corrected chi connectivity index (χ3v) is 8.68. The van der Waals surface area contributed by atoms with E-state index in [-0.39, 0.29) is 6.04 Å². The van der Waals surface area contributed by atoms with Gasteiger partial charge in [0.25, 0.3) is 0 Å². The molecule has 4 heterocycles. The molecule has 2 aromatic carbocycles. The Morgan fingerprint density at radius 2 is 2.00 bits per heavy atom. The van der Waals surface area contributed by atoms with Gasteiger partial charge in [-0.05, 0) is 53.9 Å². The highest BCUT2D eigenvalue weighted by Gasteiger charge is 2.54. The third kappa shape index (κ3) is 4.27. The van der Waals surface area contributed by atoms with Gasteiger partial charge in [0.05, 0.1) is 25.7 Å².